The number of para-hydroxylation sites is 1. The van der Waals surface area contributed by atoms with Crippen molar-refractivity contribution in [2.24, 2.45) is 11.3 Å². The van der Waals surface area contributed by atoms with Crippen molar-refractivity contribution in [3.05, 3.63) is 64.1 Å². The van der Waals surface area contributed by atoms with Gasteiger partial charge in [0.05, 0.1) is 6.61 Å². The second kappa shape index (κ2) is 9.44. The summed E-state index contributed by atoms with van der Waals surface area (Å²) in [5, 5.41) is 0.211. The van der Waals surface area contributed by atoms with Crippen LogP contribution in [0.4, 0.5) is 0 Å². The zero-order valence-corrected chi connectivity index (χ0v) is 21.8. The van der Waals surface area contributed by atoms with Crippen LogP contribution in [0.2, 0.25) is 0 Å². The van der Waals surface area contributed by atoms with Gasteiger partial charge in [0, 0.05) is 64.4 Å². The van der Waals surface area contributed by atoms with Gasteiger partial charge in [0.15, 0.2) is 5.11 Å². The number of aromatic nitrogens is 1. The van der Waals surface area contributed by atoms with Gasteiger partial charge >= 0.3 is 0 Å². The molecule has 1 aromatic carbocycles. The number of pyridine rings is 1. The van der Waals surface area contributed by atoms with Crippen LogP contribution in [0.3, 0.4) is 0 Å². The van der Waals surface area contributed by atoms with Crippen LogP contribution in [0.1, 0.15) is 30.5 Å². The van der Waals surface area contributed by atoms with Crippen LogP contribution in [0.25, 0.3) is 0 Å². The molecule has 4 heterocycles. The molecule has 2 bridgehead atoms. The summed E-state index contributed by atoms with van der Waals surface area (Å²) in [5.41, 5.74) is 0.566. The Labute approximate surface area is 216 Å². The van der Waals surface area contributed by atoms with Crippen molar-refractivity contribution in [2.75, 3.05) is 40.3 Å². The number of ether oxygens (including phenoxy) is 1. The lowest BCUT2D eigenvalue weighted by molar-refractivity contribution is -0.157. The number of carbonyl (C=O) groups is 2. The quantitative estimate of drug-likeness (QED) is 0.440. The molecule has 2 saturated heterocycles. The second-order valence-electron chi connectivity index (χ2n) is 10.2. The maximum absolute atomic E-state index is 13.9. The molecule has 0 saturated carbocycles. The average Bonchev–Trinajstić information content (AvgIpc) is 2.87. The van der Waals surface area contributed by atoms with E-state index >= 15 is 0 Å². The number of hydrogen-bond acceptors (Lipinski definition) is 6. The Kier molecular flexibility index (Phi) is 6.46. The summed E-state index contributed by atoms with van der Waals surface area (Å²) in [6, 6.07) is 13.1. The number of amides is 2. The number of rotatable bonds is 6. The standard InChI is InChI=1S/C27H32N4O4S/c1-4-35-22-10-6-5-8-19(22)13-27(24(33)28(2)26(36)29(3)25(27)34)17-30-14-18-12-20(16-30)21-9-7-11-23(32)31(21)15-18/h5-11,18,20H,4,12-17H2,1-3H3/t18-,20-/m0/s1. The highest BCUT2D eigenvalue weighted by Gasteiger charge is 2.55. The molecular weight excluding hydrogens is 476 g/mol. The molecule has 0 aliphatic carbocycles. The van der Waals surface area contributed by atoms with Crippen molar-refractivity contribution in [3.8, 4) is 5.75 Å². The highest BCUT2D eigenvalue weighted by Crippen LogP contribution is 2.40. The van der Waals surface area contributed by atoms with Crippen LogP contribution in [0, 0.1) is 11.3 Å². The van der Waals surface area contributed by atoms with Gasteiger partial charge in [-0.2, -0.15) is 0 Å². The number of likely N-dealkylation sites (tertiary alicyclic amines) is 1. The normalized spacial score (nSPS) is 23.6. The molecule has 36 heavy (non-hydrogen) atoms. The third kappa shape index (κ3) is 4.04. The third-order valence-electron chi connectivity index (χ3n) is 7.82. The Morgan fingerprint density at radius 2 is 1.69 bits per heavy atom. The van der Waals surface area contributed by atoms with Crippen LogP contribution >= 0.6 is 12.2 Å². The molecule has 0 N–H and O–H groups in total. The molecule has 3 aliphatic heterocycles. The number of piperidine rings is 1. The summed E-state index contributed by atoms with van der Waals surface area (Å²) in [7, 11) is 3.29. The minimum Gasteiger partial charge on any atom is -0.494 e. The maximum atomic E-state index is 13.9. The van der Waals surface area contributed by atoms with Crippen molar-refractivity contribution in [1.82, 2.24) is 19.3 Å². The topological polar surface area (TPSA) is 75.1 Å². The minimum atomic E-state index is -1.33. The van der Waals surface area contributed by atoms with E-state index < -0.39 is 5.41 Å². The predicted molar refractivity (Wildman–Crippen MR) is 140 cm³/mol. The summed E-state index contributed by atoms with van der Waals surface area (Å²) in [6.45, 7) is 4.77. The van der Waals surface area contributed by atoms with E-state index in [1.54, 1.807) is 20.2 Å². The van der Waals surface area contributed by atoms with Crippen LogP contribution < -0.4 is 10.3 Å². The number of thiocarbonyl (C=S) groups is 1. The van der Waals surface area contributed by atoms with Gasteiger partial charge in [-0.15, -0.1) is 0 Å². The van der Waals surface area contributed by atoms with E-state index in [1.165, 1.54) is 9.80 Å². The van der Waals surface area contributed by atoms with Crippen LogP contribution in [-0.2, 0) is 22.6 Å². The molecule has 8 nitrogen and oxygen atoms in total. The molecule has 0 spiro atoms. The molecule has 0 radical (unpaired) electrons. The molecule has 2 atom stereocenters. The van der Waals surface area contributed by atoms with E-state index in [-0.39, 0.29) is 47.3 Å². The zero-order chi connectivity index (χ0) is 25.6. The fraction of sp³-hybridized carbons (Fsp3) is 0.481. The number of hydrogen-bond donors (Lipinski definition) is 0. The fourth-order valence-electron chi connectivity index (χ4n) is 6.25. The average molecular weight is 509 g/mol. The monoisotopic (exact) mass is 508 g/mol. The van der Waals surface area contributed by atoms with Crippen molar-refractivity contribution in [3.63, 3.8) is 0 Å². The zero-order valence-electron chi connectivity index (χ0n) is 21.0. The summed E-state index contributed by atoms with van der Waals surface area (Å²) in [6.07, 6.45) is 1.23. The molecular formula is C27H32N4O4S. The van der Waals surface area contributed by atoms with Crippen molar-refractivity contribution in [1.29, 1.82) is 0 Å². The van der Waals surface area contributed by atoms with Gasteiger partial charge < -0.3 is 14.2 Å². The molecule has 9 heteroatoms. The first-order valence-electron chi connectivity index (χ1n) is 12.5. The lowest BCUT2D eigenvalue weighted by Crippen LogP contribution is -2.67. The van der Waals surface area contributed by atoms with Gasteiger partial charge in [0.25, 0.3) is 5.56 Å². The molecule has 2 amide bonds. The van der Waals surface area contributed by atoms with Crippen LogP contribution in [0.15, 0.2) is 47.3 Å². The molecule has 3 aliphatic rings. The first kappa shape index (κ1) is 24.6. The predicted octanol–water partition coefficient (Wildman–Crippen LogP) is 2.11. The first-order valence-corrected chi connectivity index (χ1v) is 12.9. The number of fused-ring (bicyclic) bond motifs is 4. The summed E-state index contributed by atoms with van der Waals surface area (Å²) < 4.78 is 7.74. The Balaban J connectivity index is 1.52. The number of benzene rings is 1. The van der Waals surface area contributed by atoms with Crippen LogP contribution in [0.5, 0.6) is 5.75 Å². The number of carbonyl (C=O) groups excluding carboxylic acids is 2. The molecule has 190 valence electrons. The Morgan fingerprint density at radius 1 is 0.972 bits per heavy atom. The SMILES string of the molecule is CCOc1ccccc1CC1(CN2C[C@@H]3C[C@@H](C2)c2cccc(=O)n2C3)C(=O)N(C)C(=S)N(C)C1=O. The van der Waals surface area contributed by atoms with E-state index in [2.05, 4.69) is 4.90 Å². The largest absolute Gasteiger partial charge is 0.494 e. The van der Waals surface area contributed by atoms with E-state index in [1.807, 2.05) is 47.9 Å². The van der Waals surface area contributed by atoms with Crippen molar-refractivity contribution in [2.45, 2.75) is 32.2 Å². The number of nitrogens with zero attached hydrogens (tertiary/aromatic N) is 4. The summed E-state index contributed by atoms with van der Waals surface area (Å²) in [4.78, 5) is 45.4. The minimum absolute atomic E-state index is 0.0362. The fourth-order valence-corrected chi connectivity index (χ4v) is 6.42. The van der Waals surface area contributed by atoms with E-state index in [0.717, 1.165) is 24.2 Å². The van der Waals surface area contributed by atoms with E-state index in [0.29, 0.717) is 25.4 Å². The smallest absolute Gasteiger partial charge is 0.250 e. The van der Waals surface area contributed by atoms with E-state index in [9.17, 15) is 14.4 Å². The van der Waals surface area contributed by atoms with Gasteiger partial charge in [0.1, 0.15) is 11.2 Å². The van der Waals surface area contributed by atoms with Crippen molar-refractivity contribution < 1.29 is 14.3 Å². The van der Waals surface area contributed by atoms with Crippen LogP contribution in [-0.4, -0.2) is 76.5 Å². The highest BCUT2D eigenvalue weighted by atomic mass is 32.1. The molecule has 2 aromatic rings. The summed E-state index contributed by atoms with van der Waals surface area (Å²) in [5.74, 6) is 0.588. The lowest BCUT2D eigenvalue weighted by Gasteiger charge is -2.48. The van der Waals surface area contributed by atoms with E-state index in [4.69, 9.17) is 17.0 Å². The molecule has 5 rings (SSSR count). The Bertz CT molecular complexity index is 1250. The van der Waals surface area contributed by atoms with Gasteiger partial charge in [0.2, 0.25) is 11.8 Å². The Hall–Kier alpha value is -3.04. The Morgan fingerprint density at radius 3 is 2.42 bits per heavy atom. The third-order valence-corrected chi connectivity index (χ3v) is 8.36. The van der Waals surface area contributed by atoms with Gasteiger partial charge in [-0.05, 0) is 49.2 Å². The van der Waals surface area contributed by atoms with Gasteiger partial charge in [-0.3, -0.25) is 24.2 Å². The lowest BCUT2D eigenvalue weighted by atomic mass is 9.75. The van der Waals surface area contributed by atoms with Crippen molar-refractivity contribution >= 4 is 29.1 Å². The molecule has 0 unspecified atom stereocenters. The first-order chi connectivity index (χ1) is 17.2. The second-order valence-corrected chi connectivity index (χ2v) is 10.6. The molecule has 1 aromatic heterocycles. The van der Waals surface area contributed by atoms with Gasteiger partial charge in [-0.25, -0.2) is 0 Å². The highest BCUT2D eigenvalue weighted by molar-refractivity contribution is 7.80. The maximum Gasteiger partial charge on any atom is 0.250 e. The molecule has 2 fully saturated rings. The van der Waals surface area contributed by atoms with Gasteiger partial charge in [-0.1, -0.05) is 24.3 Å². The summed E-state index contributed by atoms with van der Waals surface area (Å²) >= 11 is 5.40.